The Hall–Kier alpha value is -0.280. The van der Waals surface area contributed by atoms with Crippen LogP contribution in [-0.2, 0) is 33.2 Å². The van der Waals surface area contributed by atoms with Gasteiger partial charge in [-0.2, -0.15) is 0 Å². The summed E-state index contributed by atoms with van der Waals surface area (Å²) in [4.78, 5) is 0. The number of ether oxygens (including phenoxy) is 7. The molecule has 0 heterocycles. The maximum Gasteiger partial charge on any atom is 0.0701 e. The second-order valence-electron chi connectivity index (χ2n) is 4.59. The standard InChI is InChI=1S/C16H33O7/c1-17-7-9-21-13-11-19-5-3-4-6-20-12-14-23-16-15-22-10-8-18-2/h3H,4-16H2,1-2H3. The molecule has 0 atom stereocenters. The highest BCUT2D eigenvalue weighted by Gasteiger charge is 1.94. The van der Waals surface area contributed by atoms with Gasteiger partial charge in [-0.25, -0.2) is 0 Å². The maximum absolute atomic E-state index is 5.44. The lowest BCUT2D eigenvalue weighted by Gasteiger charge is -2.07. The number of unbranched alkanes of at least 4 members (excludes halogenated alkanes) is 1. The zero-order valence-electron chi connectivity index (χ0n) is 14.6. The van der Waals surface area contributed by atoms with Crippen molar-refractivity contribution in [3.63, 3.8) is 0 Å². The Bertz CT molecular complexity index is 185. The summed E-state index contributed by atoms with van der Waals surface area (Å²) in [7, 11) is 3.31. The molecule has 0 N–H and O–H groups in total. The molecule has 139 valence electrons. The average Bonchev–Trinajstić information content (AvgIpc) is 2.57. The summed E-state index contributed by atoms with van der Waals surface area (Å²) < 4.78 is 36.5. The van der Waals surface area contributed by atoms with Crippen LogP contribution in [0.3, 0.4) is 0 Å². The first kappa shape index (κ1) is 22.7. The lowest BCUT2D eigenvalue weighted by atomic mass is 10.3. The van der Waals surface area contributed by atoms with Gasteiger partial charge in [0.1, 0.15) is 0 Å². The molecule has 0 aromatic heterocycles. The molecule has 0 aliphatic carbocycles. The van der Waals surface area contributed by atoms with Gasteiger partial charge in [-0.3, -0.25) is 0 Å². The average molecular weight is 337 g/mol. The molecule has 0 bridgehead atoms. The van der Waals surface area contributed by atoms with Gasteiger partial charge in [-0.1, -0.05) is 0 Å². The fraction of sp³-hybridized carbons (Fsp3) is 0.938. The third-order valence-electron chi connectivity index (χ3n) is 2.68. The molecule has 0 amide bonds. The van der Waals surface area contributed by atoms with E-state index >= 15 is 0 Å². The van der Waals surface area contributed by atoms with E-state index in [4.69, 9.17) is 33.2 Å². The molecule has 7 nitrogen and oxygen atoms in total. The fourth-order valence-electron chi connectivity index (χ4n) is 1.46. The van der Waals surface area contributed by atoms with E-state index in [1.54, 1.807) is 14.2 Å². The zero-order chi connectivity index (χ0) is 16.8. The molecule has 7 heteroatoms. The third kappa shape index (κ3) is 21.7. The van der Waals surface area contributed by atoms with Crippen LogP contribution in [0.4, 0.5) is 0 Å². The van der Waals surface area contributed by atoms with Gasteiger partial charge in [0.2, 0.25) is 0 Å². The van der Waals surface area contributed by atoms with E-state index in [1.165, 1.54) is 0 Å². The predicted molar refractivity (Wildman–Crippen MR) is 86.8 cm³/mol. The predicted octanol–water partition coefficient (Wildman–Crippen LogP) is 0.957. The summed E-state index contributed by atoms with van der Waals surface area (Å²) in [5.41, 5.74) is 0. The summed E-state index contributed by atoms with van der Waals surface area (Å²) in [5, 5.41) is 0. The highest BCUT2D eigenvalue weighted by molar-refractivity contribution is 4.62. The normalized spacial score (nSPS) is 11.2. The molecule has 0 spiro atoms. The Morgan fingerprint density at radius 2 is 0.870 bits per heavy atom. The van der Waals surface area contributed by atoms with Gasteiger partial charge in [0.15, 0.2) is 0 Å². The minimum Gasteiger partial charge on any atom is -0.382 e. The number of methoxy groups -OCH3 is 2. The number of hydrogen-bond donors (Lipinski definition) is 0. The Labute approximate surface area is 140 Å². The van der Waals surface area contributed by atoms with E-state index in [0.717, 1.165) is 6.42 Å². The van der Waals surface area contributed by atoms with Crippen molar-refractivity contribution >= 4 is 0 Å². The monoisotopic (exact) mass is 337 g/mol. The van der Waals surface area contributed by atoms with Crippen molar-refractivity contribution in [2.75, 3.05) is 93.5 Å². The van der Waals surface area contributed by atoms with Crippen LogP contribution < -0.4 is 0 Å². The van der Waals surface area contributed by atoms with Crippen molar-refractivity contribution in [1.82, 2.24) is 0 Å². The van der Waals surface area contributed by atoms with Gasteiger partial charge < -0.3 is 33.2 Å². The molecule has 23 heavy (non-hydrogen) atoms. The maximum atomic E-state index is 5.44. The summed E-state index contributed by atoms with van der Waals surface area (Å²) >= 11 is 0. The first-order valence-corrected chi connectivity index (χ1v) is 8.10. The van der Waals surface area contributed by atoms with Crippen molar-refractivity contribution in [3.05, 3.63) is 6.42 Å². The molecular weight excluding hydrogens is 304 g/mol. The third-order valence-corrected chi connectivity index (χ3v) is 2.68. The van der Waals surface area contributed by atoms with Crippen LogP contribution in [0.2, 0.25) is 0 Å². The summed E-state index contributed by atoms with van der Waals surface area (Å²) in [6.07, 6.45) is 2.92. The summed E-state index contributed by atoms with van der Waals surface area (Å²) in [5.74, 6) is 0. The minimum atomic E-state index is 0.583. The molecule has 0 rings (SSSR count). The van der Waals surface area contributed by atoms with E-state index in [-0.39, 0.29) is 0 Å². The second kappa shape index (κ2) is 21.7. The smallest absolute Gasteiger partial charge is 0.0701 e. The molecule has 0 aliphatic heterocycles. The number of hydrogen-bond acceptors (Lipinski definition) is 7. The van der Waals surface area contributed by atoms with Crippen molar-refractivity contribution in [2.24, 2.45) is 0 Å². The molecular formula is C16H33O7. The van der Waals surface area contributed by atoms with Crippen LogP contribution in [0.15, 0.2) is 0 Å². The highest BCUT2D eigenvalue weighted by atomic mass is 16.6. The second-order valence-corrected chi connectivity index (χ2v) is 4.59. The van der Waals surface area contributed by atoms with Crippen LogP contribution in [-0.4, -0.2) is 93.5 Å². The molecule has 0 aromatic carbocycles. The number of rotatable bonds is 20. The lowest BCUT2D eigenvalue weighted by molar-refractivity contribution is 0.00331. The van der Waals surface area contributed by atoms with E-state index in [9.17, 15) is 0 Å². The topological polar surface area (TPSA) is 64.6 Å². The van der Waals surface area contributed by atoms with Crippen molar-refractivity contribution in [1.29, 1.82) is 0 Å². The van der Waals surface area contributed by atoms with E-state index < -0.39 is 0 Å². The largest absolute Gasteiger partial charge is 0.382 e. The Morgan fingerprint density at radius 1 is 0.478 bits per heavy atom. The van der Waals surface area contributed by atoms with Crippen LogP contribution in [0.5, 0.6) is 0 Å². The van der Waals surface area contributed by atoms with Crippen molar-refractivity contribution < 1.29 is 33.2 Å². The van der Waals surface area contributed by atoms with Crippen LogP contribution in [0, 0.1) is 6.42 Å². The van der Waals surface area contributed by atoms with Crippen molar-refractivity contribution in [3.8, 4) is 0 Å². The fourth-order valence-corrected chi connectivity index (χ4v) is 1.46. The Balaban J connectivity index is 2.92. The zero-order valence-corrected chi connectivity index (χ0v) is 14.6. The first-order chi connectivity index (χ1) is 11.4. The van der Waals surface area contributed by atoms with Crippen LogP contribution >= 0.6 is 0 Å². The Morgan fingerprint density at radius 3 is 1.35 bits per heavy atom. The molecule has 0 aromatic rings. The van der Waals surface area contributed by atoms with Gasteiger partial charge >= 0.3 is 0 Å². The molecule has 0 saturated heterocycles. The minimum absolute atomic E-state index is 0.583. The molecule has 0 aliphatic rings. The molecule has 0 fully saturated rings. The molecule has 1 radical (unpaired) electrons. The van der Waals surface area contributed by atoms with Gasteiger partial charge in [0.05, 0.1) is 66.1 Å². The lowest BCUT2D eigenvalue weighted by Crippen LogP contribution is -2.12. The van der Waals surface area contributed by atoms with Gasteiger partial charge in [0.25, 0.3) is 0 Å². The molecule has 0 unspecified atom stereocenters. The van der Waals surface area contributed by atoms with E-state index in [2.05, 4.69) is 6.42 Å². The first-order valence-electron chi connectivity index (χ1n) is 8.10. The summed E-state index contributed by atoms with van der Waals surface area (Å²) in [6.45, 7) is 7.30. The van der Waals surface area contributed by atoms with Crippen LogP contribution in [0.25, 0.3) is 0 Å². The van der Waals surface area contributed by atoms with E-state index in [0.29, 0.717) is 79.3 Å². The van der Waals surface area contributed by atoms with Crippen molar-refractivity contribution in [2.45, 2.75) is 6.42 Å². The van der Waals surface area contributed by atoms with Gasteiger partial charge in [-0.15, -0.1) is 0 Å². The SMILES string of the molecule is COCCOCCOC[CH]CCOCCOCCOCCOC. The highest BCUT2D eigenvalue weighted by Crippen LogP contribution is 1.91. The van der Waals surface area contributed by atoms with Crippen LogP contribution in [0.1, 0.15) is 6.42 Å². The molecule has 0 saturated carbocycles. The summed E-state index contributed by atoms with van der Waals surface area (Å²) in [6, 6.07) is 0. The Kier molecular flexibility index (Phi) is 21.5. The van der Waals surface area contributed by atoms with E-state index in [1.807, 2.05) is 0 Å². The quantitative estimate of drug-likeness (QED) is 0.307. The van der Waals surface area contributed by atoms with Gasteiger partial charge in [-0.05, 0) is 12.8 Å². The van der Waals surface area contributed by atoms with Gasteiger partial charge in [0, 0.05) is 27.4 Å².